The van der Waals surface area contributed by atoms with Crippen molar-refractivity contribution in [3.63, 3.8) is 0 Å². The molecule has 0 radical (unpaired) electrons. The molecule has 25 heavy (non-hydrogen) atoms. The predicted molar refractivity (Wildman–Crippen MR) is 103 cm³/mol. The second-order valence-electron chi connectivity index (χ2n) is 6.42. The van der Waals surface area contributed by atoms with E-state index in [0.717, 1.165) is 23.7 Å². The first-order valence-corrected chi connectivity index (χ1v) is 10.5. The van der Waals surface area contributed by atoms with Gasteiger partial charge in [0, 0.05) is 19.0 Å². The lowest BCUT2D eigenvalue weighted by Crippen LogP contribution is -2.52. The van der Waals surface area contributed by atoms with Gasteiger partial charge in [-0.25, -0.2) is 4.68 Å². The molecule has 1 atom stereocenters. The summed E-state index contributed by atoms with van der Waals surface area (Å²) < 4.78 is 1.83. The Balaban J connectivity index is 1.90. The van der Waals surface area contributed by atoms with Crippen LogP contribution in [-0.4, -0.2) is 45.7 Å². The van der Waals surface area contributed by atoms with Crippen LogP contribution in [0.25, 0.3) is 0 Å². The molecule has 1 aliphatic heterocycles. The van der Waals surface area contributed by atoms with Crippen LogP contribution >= 0.6 is 11.8 Å². The van der Waals surface area contributed by atoms with Gasteiger partial charge in [0.15, 0.2) is 0 Å². The number of anilines is 1. The molecule has 0 aliphatic carbocycles. The Bertz CT molecular complexity index is 588. The van der Waals surface area contributed by atoms with Crippen molar-refractivity contribution in [2.24, 2.45) is 0 Å². The van der Waals surface area contributed by atoms with E-state index in [1.54, 1.807) is 4.90 Å². The van der Waals surface area contributed by atoms with Gasteiger partial charge in [-0.3, -0.25) is 14.5 Å². The van der Waals surface area contributed by atoms with Crippen molar-refractivity contribution >= 4 is 29.4 Å². The molecule has 1 aliphatic rings. The molecule has 6 nitrogen and oxygen atoms in total. The lowest BCUT2D eigenvalue weighted by Gasteiger charge is -2.33. The molecule has 140 valence electrons. The third-order valence-corrected chi connectivity index (χ3v) is 5.50. The van der Waals surface area contributed by atoms with Gasteiger partial charge in [0.25, 0.3) is 0 Å². The Kier molecular flexibility index (Phi) is 7.81. The number of nitrogens with zero attached hydrogens (tertiary/aromatic N) is 3. The number of nitrogens with one attached hydrogen (secondary N) is 1. The van der Waals surface area contributed by atoms with E-state index in [2.05, 4.69) is 17.3 Å². The quantitative estimate of drug-likeness (QED) is 0.647. The van der Waals surface area contributed by atoms with Gasteiger partial charge in [-0.2, -0.15) is 16.9 Å². The van der Waals surface area contributed by atoms with Crippen molar-refractivity contribution in [1.82, 2.24) is 15.1 Å². The second kappa shape index (κ2) is 9.85. The van der Waals surface area contributed by atoms with E-state index in [1.807, 2.05) is 36.4 Å². The maximum absolute atomic E-state index is 12.6. The molecule has 0 saturated heterocycles. The van der Waals surface area contributed by atoms with E-state index in [4.69, 9.17) is 0 Å². The molecule has 2 heterocycles. The third-order valence-electron chi connectivity index (χ3n) is 4.34. The minimum absolute atomic E-state index is 0.00419. The number of unbranched alkanes of at least 4 members (excludes halogenated alkanes) is 1. The Morgan fingerprint density at radius 3 is 2.84 bits per heavy atom. The summed E-state index contributed by atoms with van der Waals surface area (Å²) in [6, 6.07) is 1.42. The van der Waals surface area contributed by atoms with E-state index in [9.17, 15) is 9.59 Å². The van der Waals surface area contributed by atoms with Crippen LogP contribution in [0.3, 0.4) is 0 Å². The molecule has 1 N–H and O–H groups in total. The lowest BCUT2D eigenvalue weighted by atomic mass is 10.1. The highest BCUT2D eigenvalue weighted by molar-refractivity contribution is 7.99. The molecule has 0 saturated carbocycles. The number of fused-ring (bicyclic) bond motifs is 1. The summed E-state index contributed by atoms with van der Waals surface area (Å²) in [4.78, 5) is 26.7. The van der Waals surface area contributed by atoms with Crippen LogP contribution in [0, 0.1) is 6.92 Å². The first-order valence-electron chi connectivity index (χ1n) is 9.30. The molecule has 0 aromatic carbocycles. The largest absolute Gasteiger partial charge is 0.354 e. The molecule has 2 amide bonds. The molecule has 0 spiro atoms. The van der Waals surface area contributed by atoms with Gasteiger partial charge >= 0.3 is 0 Å². The van der Waals surface area contributed by atoms with E-state index >= 15 is 0 Å². The van der Waals surface area contributed by atoms with Crippen molar-refractivity contribution in [2.45, 2.75) is 65.5 Å². The average molecular weight is 367 g/mol. The number of aryl methyl sites for hydroxylation is 2. The van der Waals surface area contributed by atoms with Crippen LogP contribution in [0.4, 0.5) is 5.82 Å². The molecule has 0 fully saturated rings. The predicted octanol–water partition coefficient (Wildman–Crippen LogP) is 2.75. The number of hydrogen-bond acceptors (Lipinski definition) is 4. The van der Waals surface area contributed by atoms with Crippen LogP contribution in [0.5, 0.6) is 0 Å². The molecule has 1 aromatic rings. The summed E-state index contributed by atoms with van der Waals surface area (Å²) in [7, 11) is 0. The molecule has 7 heteroatoms. The van der Waals surface area contributed by atoms with Gasteiger partial charge in [-0.15, -0.1) is 0 Å². The summed E-state index contributed by atoms with van der Waals surface area (Å²) in [6.45, 7) is 7.30. The number of rotatable bonds is 10. The fraction of sp³-hybridized carbons (Fsp3) is 0.722. The zero-order chi connectivity index (χ0) is 18.2. The van der Waals surface area contributed by atoms with Crippen LogP contribution in [0.2, 0.25) is 0 Å². The van der Waals surface area contributed by atoms with Crippen LogP contribution in [-0.2, 0) is 16.1 Å². The fourth-order valence-electron chi connectivity index (χ4n) is 3.01. The standard InChI is InChI=1S/C18H30N4O2S/c1-4-6-11-25-12-7-9-19-18(24)15(5-2)22-16-13-14(3)20-21(16)10-8-17(22)23/h13,15H,4-12H2,1-3H3,(H,19,24). The lowest BCUT2D eigenvalue weighted by molar-refractivity contribution is -0.127. The maximum atomic E-state index is 12.6. The molecule has 1 unspecified atom stereocenters. The van der Waals surface area contributed by atoms with Crippen LogP contribution in [0.15, 0.2) is 6.07 Å². The van der Waals surface area contributed by atoms with E-state index in [0.29, 0.717) is 25.9 Å². The minimum atomic E-state index is -0.463. The Morgan fingerprint density at radius 2 is 2.12 bits per heavy atom. The molecule has 2 rings (SSSR count). The molecular weight excluding hydrogens is 336 g/mol. The molecule has 1 aromatic heterocycles. The molecule has 0 bridgehead atoms. The van der Waals surface area contributed by atoms with Crippen molar-refractivity contribution in [3.05, 3.63) is 11.8 Å². The number of carbonyl (C=O) groups is 2. The van der Waals surface area contributed by atoms with Crippen LogP contribution in [0.1, 0.15) is 51.6 Å². The van der Waals surface area contributed by atoms with Crippen molar-refractivity contribution in [1.29, 1.82) is 0 Å². The van der Waals surface area contributed by atoms with Gasteiger partial charge < -0.3 is 5.32 Å². The monoisotopic (exact) mass is 366 g/mol. The smallest absolute Gasteiger partial charge is 0.243 e. The summed E-state index contributed by atoms with van der Waals surface area (Å²) >= 11 is 1.94. The van der Waals surface area contributed by atoms with E-state index in [-0.39, 0.29) is 11.8 Å². The summed E-state index contributed by atoms with van der Waals surface area (Å²) in [5.41, 5.74) is 0.870. The third kappa shape index (κ3) is 5.23. The minimum Gasteiger partial charge on any atom is -0.354 e. The average Bonchev–Trinajstić information content (AvgIpc) is 2.97. The molecular formula is C18H30N4O2S. The van der Waals surface area contributed by atoms with Gasteiger partial charge in [-0.1, -0.05) is 20.3 Å². The highest BCUT2D eigenvalue weighted by atomic mass is 32.2. The number of hydrogen-bond donors (Lipinski definition) is 1. The Labute approximate surface area is 154 Å². The van der Waals surface area contributed by atoms with E-state index in [1.165, 1.54) is 18.6 Å². The van der Waals surface area contributed by atoms with Gasteiger partial charge in [0.05, 0.1) is 12.2 Å². The first kappa shape index (κ1) is 19.8. The van der Waals surface area contributed by atoms with Gasteiger partial charge in [0.2, 0.25) is 11.8 Å². The highest BCUT2D eigenvalue weighted by Gasteiger charge is 2.34. The van der Waals surface area contributed by atoms with Crippen molar-refractivity contribution in [3.8, 4) is 0 Å². The Morgan fingerprint density at radius 1 is 1.36 bits per heavy atom. The van der Waals surface area contributed by atoms with Crippen LogP contribution < -0.4 is 10.2 Å². The van der Waals surface area contributed by atoms with Gasteiger partial charge in [-0.05, 0) is 37.7 Å². The van der Waals surface area contributed by atoms with Crippen molar-refractivity contribution < 1.29 is 9.59 Å². The first-order chi connectivity index (χ1) is 12.1. The summed E-state index contributed by atoms with van der Waals surface area (Å²) in [6.07, 6.45) is 4.42. The second-order valence-corrected chi connectivity index (χ2v) is 7.64. The number of amides is 2. The maximum Gasteiger partial charge on any atom is 0.243 e. The number of aromatic nitrogens is 2. The normalized spacial score (nSPS) is 15.2. The highest BCUT2D eigenvalue weighted by Crippen LogP contribution is 2.26. The fourth-order valence-corrected chi connectivity index (χ4v) is 4.06. The SMILES string of the molecule is CCCCSCCCNC(=O)C(CC)N1C(=O)CCn2nc(C)cc21. The van der Waals surface area contributed by atoms with Gasteiger partial charge in [0.1, 0.15) is 11.9 Å². The summed E-state index contributed by atoms with van der Waals surface area (Å²) in [5, 5.41) is 7.42. The zero-order valence-corrected chi connectivity index (χ0v) is 16.4. The summed E-state index contributed by atoms with van der Waals surface area (Å²) in [5.74, 6) is 2.93. The topological polar surface area (TPSA) is 67.2 Å². The van der Waals surface area contributed by atoms with Crippen molar-refractivity contribution in [2.75, 3.05) is 23.0 Å². The number of thioether (sulfide) groups is 1. The number of carbonyl (C=O) groups excluding carboxylic acids is 2. The Hall–Kier alpha value is -1.50. The zero-order valence-electron chi connectivity index (χ0n) is 15.6. The van der Waals surface area contributed by atoms with E-state index < -0.39 is 6.04 Å².